The van der Waals surface area contributed by atoms with Gasteiger partial charge in [-0.25, -0.2) is 9.18 Å². The van der Waals surface area contributed by atoms with Crippen LogP contribution in [0.4, 0.5) is 9.18 Å². The quantitative estimate of drug-likeness (QED) is 0.752. The first-order valence-corrected chi connectivity index (χ1v) is 10.5. The number of urea groups is 1. The van der Waals surface area contributed by atoms with E-state index in [0.29, 0.717) is 25.4 Å². The predicted molar refractivity (Wildman–Crippen MR) is 104 cm³/mol. The summed E-state index contributed by atoms with van der Waals surface area (Å²) in [6.07, 6.45) is 4.08. The second-order valence-electron chi connectivity index (χ2n) is 8.25. The van der Waals surface area contributed by atoms with Crippen molar-refractivity contribution in [1.29, 1.82) is 0 Å². The molecule has 5 nitrogen and oxygen atoms in total. The lowest BCUT2D eigenvalue weighted by atomic mass is 9.88. The Hall–Kier alpha value is -1.66. The van der Waals surface area contributed by atoms with E-state index in [4.69, 9.17) is 16.3 Å². The molecule has 3 fully saturated rings. The number of hydrogen-bond donors (Lipinski definition) is 0. The van der Waals surface area contributed by atoms with Crippen LogP contribution in [0, 0.1) is 17.7 Å². The molecule has 0 aliphatic carbocycles. The molecule has 0 N–H and O–H groups in total. The second-order valence-corrected chi connectivity index (χ2v) is 8.66. The number of Topliss-reactive ketones (excluding diaryl/α,β-unsaturated/α-hetero) is 1. The van der Waals surface area contributed by atoms with Crippen molar-refractivity contribution in [3.05, 3.63) is 34.6 Å². The molecule has 0 spiro atoms. The number of benzene rings is 1. The van der Waals surface area contributed by atoms with Crippen LogP contribution in [0.3, 0.4) is 0 Å². The summed E-state index contributed by atoms with van der Waals surface area (Å²) >= 11 is 5.75. The van der Waals surface area contributed by atoms with Gasteiger partial charge in [-0.05, 0) is 49.3 Å². The van der Waals surface area contributed by atoms with Crippen molar-refractivity contribution >= 4 is 23.4 Å². The molecule has 2 amide bonds. The molecule has 0 bridgehead atoms. The van der Waals surface area contributed by atoms with E-state index in [2.05, 4.69) is 0 Å². The van der Waals surface area contributed by atoms with Crippen LogP contribution in [-0.4, -0.2) is 60.5 Å². The number of hydrogen-bond acceptors (Lipinski definition) is 3. The van der Waals surface area contributed by atoms with Gasteiger partial charge >= 0.3 is 6.03 Å². The van der Waals surface area contributed by atoms with E-state index < -0.39 is 0 Å². The molecular formula is C21H26ClFN2O3. The van der Waals surface area contributed by atoms with Crippen molar-refractivity contribution in [3.8, 4) is 0 Å². The van der Waals surface area contributed by atoms with Gasteiger partial charge in [0.15, 0.2) is 5.78 Å². The van der Waals surface area contributed by atoms with Crippen LogP contribution >= 0.6 is 11.6 Å². The van der Waals surface area contributed by atoms with Crippen LogP contribution in [-0.2, 0) is 16.0 Å². The highest BCUT2D eigenvalue weighted by Gasteiger charge is 2.38. The molecule has 0 unspecified atom stereocenters. The summed E-state index contributed by atoms with van der Waals surface area (Å²) in [7, 11) is 0. The summed E-state index contributed by atoms with van der Waals surface area (Å²) in [4.78, 5) is 28.4. The molecule has 7 heteroatoms. The summed E-state index contributed by atoms with van der Waals surface area (Å²) in [5, 5.41) is 0.151. The molecule has 3 aliphatic rings. The van der Waals surface area contributed by atoms with Gasteiger partial charge in [0.2, 0.25) is 0 Å². The highest BCUT2D eigenvalue weighted by Crippen LogP contribution is 2.29. The number of ketones is 1. The van der Waals surface area contributed by atoms with E-state index >= 15 is 0 Å². The molecular weight excluding hydrogens is 383 g/mol. The normalized spacial score (nSPS) is 26.3. The topological polar surface area (TPSA) is 49.9 Å². The number of piperidine rings is 2. The van der Waals surface area contributed by atoms with E-state index in [0.717, 1.165) is 44.3 Å². The minimum atomic E-state index is -0.375. The fourth-order valence-electron chi connectivity index (χ4n) is 4.68. The SMILES string of the molecule is O=C1CO[C@H]2CCN(C(=O)N3CCC(Cc4ccc(Cl)c(F)c4)CC3)C[C@H]2C1. The minimum absolute atomic E-state index is 0.0764. The van der Waals surface area contributed by atoms with Gasteiger partial charge in [-0.2, -0.15) is 0 Å². The standard InChI is InChI=1S/C21H26ClFN2O3/c22-18-2-1-15(10-19(18)23)9-14-3-6-24(7-4-14)21(27)25-8-5-20-16(12-25)11-17(26)13-28-20/h1-2,10,14,16,20H,3-9,11-13H2/t16-,20+/m1/s1. The summed E-state index contributed by atoms with van der Waals surface area (Å²) in [6.45, 7) is 2.97. The Kier molecular flexibility index (Phi) is 5.88. The number of nitrogens with zero attached hydrogens (tertiary/aromatic N) is 2. The maximum absolute atomic E-state index is 13.6. The van der Waals surface area contributed by atoms with Crippen LogP contribution in [0.5, 0.6) is 0 Å². The number of carbonyl (C=O) groups is 2. The molecule has 152 valence electrons. The predicted octanol–water partition coefficient (Wildman–Crippen LogP) is 3.53. The van der Waals surface area contributed by atoms with Crippen molar-refractivity contribution in [1.82, 2.24) is 9.80 Å². The molecule has 1 aromatic carbocycles. The zero-order valence-electron chi connectivity index (χ0n) is 15.9. The number of carbonyl (C=O) groups excluding carboxylic acids is 2. The van der Waals surface area contributed by atoms with Gasteiger partial charge < -0.3 is 14.5 Å². The summed E-state index contributed by atoms with van der Waals surface area (Å²) in [5.74, 6) is 0.339. The fraction of sp³-hybridized carbons (Fsp3) is 0.619. The molecule has 0 saturated carbocycles. The molecule has 3 heterocycles. The smallest absolute Gasteiger partial charge is 0.320 e. The molecule has 0 aromatic heterocycles. The zero-order valence-corrected chi connectivity index (χ0v) is 16.7. The van der Waals surface area contributed by atoms with Crippen molar-refractivity contribution in [2.75, 3.05) is 32.8 Å². The molecule has 3 saturated heterocycles. The van der Waals surface area contributed by atoms with Gasteiger partial charge in [0.25, 0.3) is 0 Å². The van der Waals surface area contributed by atoms with Crippen molar-refractivity contribution in [3.63, 3.8) is 0 Å². The highest BCUT2D eigenvalue weighted by atomic mass is 35.5. The maximum Gasteiger partial charge on any atom is 0.320 e. The van der Waals surface area contributed by atoms with Crippen LogP contribution in [0.1, 0.15) is 31.2 Å². The van der Waals surface area contributed by atoms with Crippen LogP contribution < -0.4 is 0 Å². The van der Waals surface area contributed by atoms with Gasteiger partial charge in [0, 0.05) is 38.5 Å². The monoisotopic (exact) mass is 408 g/mol. The minimum Gasteiger partial charge on any atom is -0.370 e. The Morgan fingerprint density at radius 2 is 1.93 bits per heavy atom. The summed E-state index contributed by atoms with van der Waals surface area (Å²) < 4.78 is 19.2. The molecule has 3 aliphatic heterocycles. The fourth-order valence-corrected chi connectivity index (χ4v) is 4.80. The lowest BCUT2D eigenvalue weighted by molar-refractivity contribution is -0.140. The molecule has 28 heavy (non-hydrogen) atoms. The maximum atomic E-state index is 13.6. The Morgan fingerprint density at radius 3 is 2.68 bits per heavy atom. The van der Waals surface area contributed by atoms with E-state index in [9.17, 15) is 14.0 Å². The number of likely N-dealkylation sites (tertiary alicyclic amines) is 2. The van der Waals surface area contributed by atoms with Gasteiger partial charge in [0.05, 0.1) is 11.1 Å². The Morgan fingerprint density at radius 1 is 1.18 bits per heavy atom. The van der Waals surface area contributed by atoms with Gasteiger partial charge in [0.1, 0.15) is 12.4 Å². The molecule has 1 aromatic rings. The average Bonchev–Trinajstić information content (AvgIpc) is 2.70. The van der Waals surface area contributed by atoms with Crippen molar-refractivity contribution < 1.29 is 18.7 Å². The Bertz CT molecular complexity index is 751. The van der Waals surface area contributed by atoms with Crippen LogP contribution in [0.25, 0.3) is 0 Å². The number of ether oxygens (including phenoxy) is 1. The van der Waals surface area contributed by atoms with Crippen LogP contribution in [0.15, 0.2) is 18.2 Å². The van der Waals surface area contributed by atoms with Crippen molar-refractivity contribution in [2.24, 2.45) is 11.8 Å². The second kappa shape index (κ2) is 8.37. The number of halogens is 2. The number of amides is 2. The van der Waals surface area contributed by atoms with E-state index in [1.54, 1.807) is 6.07 Å². The molecule has 4 rings (SSSR count). The van der Waals surface area contributed by atoms with Crippen molar-refractivity contribution in [2.45, 2.75) is 38.2 Å². The third-order valence-electron chi connectivity index (χ3n) is 6.28. The average molecular weight is 409 g/mol. The third kappa shape index (κ3) is 4.33. The van der Waals surface area contributed by atoms with Gasteiger partial charge in [-0.3, -0.25) is 4.79 Å². The first kappa shape index (κ1) is 19.6. The highest BCUT2D eigenvalue weighted by molar-refractivity contribution is 6.30. The largest absolute Gasteiger partial charge is 0.370 e. The lowest BCUT2D eigenvalue weighted by Gasteiger charge is -2.43. The van der Waals surface area contributed by atoms with Crippen LogP contribution in [0.2, 0.25) is 5.02 Å². The first-order chi connectivity index (χ1) is 13.5. The van der Waals surface area contributed by atoms with Gasteiger partial charge in [-0.1, -0.05) is 17.7 Å². The first-order valence-electron chi connectivity index (χ1n) is 10.1. The summed E-state index contributed by atoms with van der Waals surface area (Å²) in [6, 6.07) is 5.07. The number of fused-ring (bicyclic) bond motifs is 1. The third-order valence-corrected chi connectivity index (χ3v) is 6.58. The molecule has 0 radical (unpaired) electrons. The Balaban J connectivity index is 1.28. The van der Waals surface area contributed by atoms with E-state index in [-0.39, 0.29) is 41.3 Å². The zero-order chi connectivity index (χ0) is 19.7. The lowest BCUT2D eigenvalue weighted by Crippen LogP contribution is -2.54. The van der Waals surface area contributed by atoms with E-state index in [1.807, 2.05) is 15.9 Å². The molecule has 2 atom stereocenters. The van der Waals surface area contributed by atoms with E-state index in [1.165, 1.54) is 6.07 Å². The van der Waals surface area contributed by atoms with Gasteiger partial charge in [-0.15, -0.1) is 0 Å². The Labute approximate surface area is 169 Å². The number of rotatable bonds is 2. The summed E-state index contributed by atoms with van der Waals surface area (Å²) in [5.41, 5.74) is 0.954.